The molecule has 11 heteroatoms. The number of carbonyl (C=O) groups excluding carboxylic acids is 1. The van der Waals surface area contributed by atoms with Crippen LogP contribution in [0.15, 0.2) is 76.6 Å². The smallest absolute Gasteiger partial charge is 0.322 e. The average Bonchev–Trinajstić information content (AvgIpc) is 2.91. The Bertz CT molecular complexity index is 1420. The van der Waals surface area contributed by atoms with Crippen LogP contribution < -0.4 is 20.1 Å². The molecule has 1 heterocycles. The summed E-state index contributed by atoms with van der Waals surface area (Å²) in [4.78, 5) is 28.1. The fourth-order valence-electron chi connectivity index (χ4n) is 4.05. The number of benzene rings is 3. The van der Waals surface area contributed by atoms with Gasteiger partial charge in [-0.1, -0.05) is 48.5 Å². The molecule has 1 aliphatic heterocycles. The minimum atomic E-state index is -4.09. The second kappa shape index (κ2) is 12.5. The zero-order valence-corrected chi connectivity index (χ0v) is 21.5. The number of rotatable bonds is 11. The van der Waals surface area contributed by atoms with Gasteiger partial charge < -0.3 is 15.2 Å². The molecule has 38 heavy (non-hydrogen) atoms. The molecule has 1 atom stereocenters. The van der Waals surface area contributed by atoms with Crippen molar-refractivity contribution in [3.8, 4) is 5.75 Å². The molecule has 4 rings (SSSR count). The number of aliphatic carboxylic acids is 1. The van der Waals surface area contributed by atoms with Crippen molar-refractivity contribution in [3.63, 3.8) is 0 Å². The van der Waals surface area contributed by atoms with Gasteiger partial charge >= 0.3 is 5.97 Å². The summed E-state index contributed by atoms with van der Waals surface area (Å²) in [6.07, 6.45) is 1.70. The van der Waals surface area contributed by atoms with Crippen LogP contribution in [0.1, 0.15) is 24.8 Å². The van der Waals surface area contributed by atoms with Gasteiger partial charge in [-0.25, -0.2) is 8.42 Å². The van der Waals surface area contributed by atoms with E-state index in [1.54, 1.807) is 54.6 Å². The Labute approximate surface area is 221 Å². The van der Waals surface area contributed by atoms with Crippen LogP contribution in [0, 0.1) is 0 Å². The molecular weight excluding hydrogens is 508 g/mol. The number of nitrogens with one attached hydrogen (secondary N) is 3. The van der Waals surface area contributed by atoms with E-state index in [1.165, 1.54) is 6.07 Å². The number of hydrogen-bond donors (Lipinski definition) is 4. The van der Waals surface area contributed by atoms with Crippen LogP contribution in [-0.2, 0) is 26.0 Å². The predicted octanol–water partition coefficient (Wildman–Crippen LogP) is 2.44. The third kappa shape index (κ3) is 7.30. The molecule has 0 saturated carbocycles. The topological polar surface area (TPSA) is 146 Å². The summed E-state index contributed by atoms with van der Waals surface area (Å²) >= 11 is 0. The van der Waals surface area contributed by atoms with Crippen LogP contribution in [0.2, 0.25) is 0 Å². The summed E-state index contributed by atoms with van der Waals surface area (Å²) in [6.45, 7) is 1.82. The summed E-state index contributed by atoms with van der Waals surface area (Å²) in [7, 11) is -4.09. The molecular formula is C27H30N4O6S. The number of fused-ring (bicyclic) bond motifs is 1. The summed E-state index contributed by atoms with van der Waals surface area (Å²) in [5.41, 5.74) is 0.630. The van der Waals surface area contributed by atoms with E-state index in [4.69, 9.17) is 4.74 Å². The Hall–Kier alpha value is -3.96. The third-order valence-corrected chi connectivity index (χ3v) is 7.50. The second-order valence-corrected chi connectivity index (χ2v) is 10.5. The van der Waals surface area contributed by atoms with Gasteiger partial charge in [-0.05, 0) is 48.4 Å². The first kappa shape index (κ1) is 27.1. The van der Waals surface area contributed by atoms with Crippen LogP contribution in [0.5, 0.6) is 5.75 Å². The lowest BCUT2D eigenvalue weighted by atomic mass is 10.1. The van der Waals surface area contributed by atoms with Crippen molar-refractivity contribution in [1.29, 1.82) is 0 Å². The van der Waals surface area contributed by atoms with Crippen LogP contribution >= 0.6 is 0 Å². The fraction of sp³-hybridized carbons (Fsp3) is 0.296. The van der Waals surface area contributed by atoms with Crippen molar-refractivity contribution in [2.24, 2.45) is 4.99 Å². The number of ether oxygens (including phenoxy) is 1. The highest BCUT2D eigenvalue weighted by atomic mass is 32.2. The first-order chi connectivity index (χ1) is 18.3. The first-order valence-corrected chi connectivity index (χ1v) is 13.8. The average molecular weight is 539 g/mol. The number of sulfonamides is 1. The Morgan fingerprint density at radius 1 is 1.05 bits per heavy atom. The molecule has 0 aromatic heterocycles. The second-order valence-electron chi connectivity index (χ2n) is 8.85. The largest absolute Gasteiger partial charge is 0.494 e. The SMILES string of the molecule is O=C(CCCOc1ccc(CC(NS(=O)(=O)c2cccc3ccccc23)C(=O)O)cc1)NC1=NCCCN1. The lowest BCUT2D eigenvalue weighted by Gasteiger charge is -2.16. The number of amides is 1. The lowest BCUT2D eigenvalue weighted by molar-refractivity contribution is -0.139. The highest BCUT2D eigenvalue weighted by Crippen LogP contribution is 2.23. The molecule has 3 aromatic carbocycles. The molecule has 1 amide bonds. The molecule has 0 fully saturated rings. The van der Waals surface area contributed by atoms with Crippen molar-refractivity contribution in [2.75, 3.05) is 19.7 Å². The molecule has 4 N–H and O–H groups in total. The summed E-state index contributed by atoms with van der Waals surface area (Å²) < 4.78 is 34.2. The molecule has 0 saturated heterocycles. The molecule has 1 unspecified atom stereocenters. The standard InChI is InChI=1S/C27H30N4O6S/c32-25(30-27-28-15-5-16-29-27)10-4-17-37-21-13-11-19(12-14-21)18-23(26(33)34)31-38(35,36)24-9-3-7-20-6-1-2-8-22(20)24/h1-3,6-9,11-14,23,31H,4-5,10,15-18H2,(H,33,34)(H2,28,29,30,32). The highest BCUT2D eigenvalue weighted by molar-refractivity contribution is 7.89. The third-order valence-electron chi connectivity index (χ3n) is 5.97. The Kier molecular flexibility index (Phi) is 8.93. The van der Waals surface area contributed by atoms with Gasteiger partial charge in [-0.3, -0.25) is 19.9 Å². The van der Waals surface area contributed by atoms with E-state index in [1.807, 2.05) is 6.07 Å². The quantitative estimate of drug-likeness (QED) is 0.274. The van der Waals surface area contributed by atoms with Crippen LogP contribution in [0.25, 0.3) is 10.8 Å². The number of carboxylic acid groups (broad SMARTS) is 1. The van der Waals surface area contributed by atoms with Gasteiger partial charge in [0, 0.05) is 24.9 Å². The normalized spacial score (nSPS) is 14.3. The molecule has 1 aliphatic rings. The zero-order valence-electron chi connectivity index (χ0n) is 20.7. The van der Waals surface area contributed by atoms with Gasteiger partial charge in [-0.2, -0.15) is 4.72 Å². The number of aliphatic imine (C=N–C) groups is 1. The number of carbonyl (C=O) groups is 2. The van der Waals surface area contributed by atoms with E-state index in [9.17, 15) is 23.1 Å². The van der Waals surface area contributed by atoms with Crippen molar-refractivity contribution in [3.05, 3.63) is 72.3 Å². The molecule has 10 nitrogen and oxygen atoms in total. The first-order valence-electron chi connectivity index (χ1n) is 12.3. The van der Waals surface area contributed by atoms with E-state index >= 15 is 0 Å². The van der Waals surface area contributed by atoms with Crippen LogP contribution in [0.4, 0.5) is 0 Å². The van der Waals surface area contributed by atoms with E-state index in [0.717, 1.165) is 18.4 Å². The molecule has 3 aromatic rings. The van der Waals surface area contributed by atoms with E-state index in [2.05, 4.69) is 20.3 Å². The fourth-order valence-corrected chi connectivity index (χ4v) is 5.47. The van der Waals surface area contributed by atoms with Gasteiger partial charge in [0.15, 0.2) is 5.96 Å². The number of hydrogen-bond acceptors (Lipinski definition) is 7. The highest BCUT2D eigenvalue weighted by Gasteiger charge is 2.27. The Morgan fingerprint density at radius 2 is 1.82 bits per heavy atom. The minimum absolute atomic E-state index is 0.0299. The van der Waals surface area contributed by atoms with Crippen molar-refractivity contribution >= 4 is 38.6 Å². The number of guanidine groups is 1. The number of nitrogens with zero attached hydrogens (tertiary/aromatic N) is 1. The predicted molar refractivity (Wildman–Crippen MR) is 144 cm³/mol. The van der Waals surface area contributed by atoms with Gasteiger partial charge in [0.2, 0.25) is 15.9 Å². The van der Waals surface area contributed by atoms with E-state index in [-0.39, 0.29) is 23.6 Å². The zero-order chi connectivity index (χ0) is 27.0. The van der Waals surface area contributed by atoms with Gasteiger partial charge in [-0.15, -0.1) is 0 Å². The molecule has 0 radical (unpaired) electrons. The minimum Gasteiger partial charge on any atom is -0.494 e. The molecule has 0 bridgehead atoms. The summed E-state index contributed by atoms with van der Waals surface area (Å²) in [5.74, 6) is -0.336. The summed E-state index contributed by atoms with van der Waals surface area (Å²) in [5, 5.41) is 16.7. The molecule has 0 spiro atoms. The van der Waals surface area contributed by atoms with E-state index < -0.39 is 22.0 Å². The van der Waals surface area contributed by atoms with E-state index in [0.29, 0.717) is 42.2 Å². The van der Waals surface area contributed by atoms with Gasteiger partial charge in [0.05, 0.1) is 11.5 Å². The van der Waals surface area contributed by atoms with Crippen molar-refractivity contribution in [2.45, 2.75) is 36.6 Å². The van der Waals surface area contributed by atoms with Gasteiger partial charge in [0.25, 0.3) is 0 Å². The molecule has 200 valence electrons. The lowest BCUT2D eigenvalue weighted by Crippen LogP contribution is -2.43. The number of carboxylic acids is 1. The van der Waals surface area contributed by atoms with Crippen molar-refractivity contribution < 1.29 is 27.9 Å². The van der Waals surface area contributed by atoms with Crippen LogP contribution in [0.3, 0.4) is 0 Å². The molecule has 0 aliphatic carbocycles. The maximum atomic E-state index is 13.1. The Morgan fingerprint density at radius 3 is 2.55 bits per heavy atom. The summed E-state index contributed by atoms with van der Waals surface area (Å²) in [6, 6.07) is 17.3. The maximum absolute atomic E-state index is 13.1. The van der Waals surface area contributed by atoms with Crippen molar-refractivity contribution in [1.82, 2.24) is 15.4 Å². The maximum Gasteiger partial charge on any atom is 0.322 e. The Balaban J connectivity index is 1.30. The van der Waals surface area contributed by atoms with Gasteiger partial charge in [0.1, 0.15) is 11.8 Å². The monoisotopic (exact) mass is 538 g/mol. The van der Waals surface area contributed by atoms with Crippen LogP contribution in [-0.4, -0.2) is 57.1 Å².